The van der Waals surface area contributed by atoms with Gasteiger partial charge in [-0.2, -0.15) is 5.10 Å². The number of aryl methyl sites for hydroxylation is 2. The van der Waals surface area contributed by atoms with E-state index >= 15 is 0 Å². The molecular formula is C22H21N5O. The molecule has 4 rings (SSSR count). The molecule has 0 unspecified atom stereocenters. The maximum absolute atomic E-state index is 13.0. The van der Waals surface area contributed by atoms with E-state index in [0.717, 1.165) is 28.3 Å². The van der Waals surface area contributed by atoms with Crippen molar-refractivity contribution in [3.63, 3.8) is 0 Å². The number of carbonyl (C=O) groups is 1. The Hall–Kier alpha value is -3.54. The van der Waals surface area contributed by atoms with E-state index in [1.165, 1.54) is 5.56 Å². The minimum atomic E-state index is -0.0721. The Morgan fingerprint density at radius 1 is 1.04 bits per heavy atom. The number of pyridine rings is 1. The number of carbonyl (C=O) groups excluding carboxylic acids is 1. The molecule has 3 aromatic heterocycles. The average molecular weight is 371 g/mol. The molecule has 0 aliphatic rings. The smallest absolute Gasteiger partial charge is 0.233 e. The molecule has 4 aromatic rings. The van der Waals surface area contributed by atoms with E-state index in [1.54, 1.807) is 22.7 Å². The zero-order valence-electron chi connectivity index (χ0n) is 16.1. The number of aromatic nitrogens is 4. The number of amides is 1. The predicted octanol–water partition coefficient (Wildman–Crippen LogP) is 3.61. The van der Waals surface area contributed by atoms with Gasteiger partial charge in [-0.1, -0.05) is 35.9 Å². The van der Waals surface area contributed by atoms with Gasteiger partial charge in [0.1, 0.15) is 5.82 Å². The quantitative estimate of drug-likeness (QED) is 0.550. The SMILES string of the molecule is Cc1ccc(-c2nc3ccc(C)nn3c2CC(=O)N(C)c2ccccn2)cc1. The molecule has 0 radical (unpaired) electrons. The first-order valence-electron chi connectivity index (χ1n) is 9.13. The molecule has 0 fully saturated rings. The van der Waals surface area contributed by atoms with Crippen LogP contribution in [0.3, 0.4) is 0 Å². The minimum absolute atomic E-state index is 0.0721. The van der Waals surface area contributed by atoms with Gasteiger partial charge in [0, 0.05) is 18.8 Å². The molecule has 0 N–H and O–H groups in total. The normalized spacial score (nSPS) is 11.0. The maximum atomic E-state index is 13.0. The van der Waals surface area contributed by atoms with E-state index in [-0.39, 0.29) is 12.3 Å². The predicted molar refractivity (Wildman–Crippen MR) is 109 cm³/mol. The Kier molecular flexibility index (Phi) is 4.61. The van der Waals surface area contributed by atoms with Crippen LogP contribution >= 0.6 is 0 Å². The fourth-order valence-corrected chi connectivity index (χ4v) is 3.11. The molecule has 28 heavy (non-hydrogen) atoms. The lowest BCUT2D eigenvalue weighted by Crippen LogP contribution is -2.29. The number of likely N-dealkylation sites (N-methyl/N-ethyl adjacent to an activating group) is 1. The maximum Gasteiger partial charge on any atom is 0.233 e. The summed E-state index contributed by atoms with van der Waals surface area (Å²) >= 11 is 0. The number of nitrogens with zero attached hydrogens (tertiary/aromatic N) is 5. The third-order valence-electron chi connectivity index (χ3n) is 4.71. The monoisotopic (exact) mass is 371 g/mol. The molecule has 0 atom stereocenters. The molecular weight excluding hydrogens is 350 g/mol. The molecule has 3 heterocycles. The van der Waals surface area contributed by atoms with Gasteiger partial charge in [0.15, 0.2) is 5.65 Å². The van der Waals surface area contributed by atoms with Crippen molar-refractivity contribution in [1.29, 1.82) is 0 Å². The third kappa shape index (κ3) is 3.36. The Morgan fingerprint density at radius 3 is 2.54 bits per heavy atom. The lowest BCUT2D eigenvalue weighted by molar-refractivity contribution is -0.117. The summed E-state index contributed by atoms with van der Waals surface area (Å²) in [5.74, 6) is 0.541. The van der Waals surface area contributed by atoms with Gasteiger partial charge in [-0.25, -0.2) is 14.5 Å². The summed E-state index contributed by atoms with van der Waals surface area (Å²) in [6.45, 7) is 3.97. The number of hydrogen-bond acceptors (Lipinski definition) is 4. The zero-order chi connectivity index (χ0) is 19.7. The van der Waals surface area contributed by atoms with Crippen molar-refractivity contribution in [2.24, 2.45) is 0 Å². The highest BCUT2D eigenvalue weighted by Gasteiger charge is 2.21. The van der Waals surface area contributed by atoms with Crippen LogP contribution in [-0.2, 0) is 11.2 Å². The van der Waals surface area contributed by atoms with Crippen LogP contribution < -0.4 is 4.90 Å². The van der Waals surface area contributed by atoms with Crippen LogP contribution in [0, 0.1) is 13.8 Å². The van der Waals surface area contributed by atoms with Gasteiger partial charge in [0.25, 0.3) is 0 Å². The number of benzene rings is 1. The number of imidazole rings is 1. The highest BCUT2D eigenvalue weighted by atomic mass is 16.2. The standard InChI is InChI=1S/C22H21N5O/c1-15-7-10-17(11-8-15)22-18(27-20(24-22)12-9-16(2)25-27)14-21(28)26(3)19-6-4-5-13-23-19/h4-13H,14H2,1-3H3. The Bertz CT molecular complexity index is 1130. The lowest BCUT2D eigenvalue weighted by Gasteiger charge is -2.16. The first kappa shape index (κ1) is 17.9. The molecule has 6 nitrogen and oxygen atoms in total. The number of rotatable bonds is 4. The van der Waals surface area contributed by atoms with Gasteiger partial charge in [-0.15, -0.1) is 0 Å². The second-order valence-corrected chi connectivity index (χ2v) is 6.84. The average Bonchev–Trinajstić information content (AvgIpc) is 3.06. The molecule has 0 aliphatic heterocycles. The van der Waals surface area contributed by atoms with E-state index in [2.05, 4.69) is 10.1 Å². The van der Waals surface area contributed by atoms with Crippen LogP contribution in [-0.4, -0.2) is 32.5 Å². The van der Waals surface area contributed by atoms with E-state index in [0.29, 0.717) is 5.82 Å². The van der Waals surface area contributed by atoms with Gasteiger partial charge < -0.3 is 0 Å². The highest BCUT2D eigenvalue weighted by Crippen LogP contribution is 2.25. The van der Waals surface area contributed by atoms with Gasteiger partial charge >= 0.3 is 0 Å². The van der Waals surface area contributed by atoms with Crippen molar-refractivity contribution in [3.05, 3.63) is 77.7 Å². The summed E-state index contributed by atoms with van der Waals surface area (Å²) in [7, 11) is 1.73. The van der Waals surface area contributed by atoms with Crippen molar-refractivity contribution >= 4 is 17.4 Å². The highest BCUT2D eigenvalue weighted by molar-refractivity contribution is 5.94. The summed E-state index contributed by atoms with van der Waals surface area (Å²) in [5.41, 5.74) is 5.29. The van der Waals surface area contributed by atoms with E-state index in [1.807, 2.05) is 68.4 Å². The summed E-state index contributed by atoms with van der Waals surface area (Å²) in [6.07, 6.45) is 1.85. The zero-order valence-corrected chi connectivity index (χ0v) is 16.1. The molecule has 0 saturated carbocycles. The molecule has 0 bridgehead atoms. The second-order valence-electron chi connectivity index (χ2n) is 6.84. The second kappa shape index (κ2) is 7.23. The molecule has 1 amide bonds. The fraction of sp³-hybridized carbons (Fsp3) is 0.182. The van der Waals surface area contributed by atoms with Gasteiger partial charge in [0.2, 0.25) is 5.91 Å². The summed E-state index contributed by atoms with van der Waals surface area (Å²) in [4.78, 5) is 23.6. The van der Waals surface area contributed by atoms with Crippen LogP contribution in [0.15, 0.2) is 60.8 Å². The Balaban J connectivity index is 1.78. The first-order chi connectivity index (χ1) is 13.5. The van der Waals surface area contributed by atoms with Gasteiger partial charge in [-0.05, 0) is 38.1 Å². The molecule has 0 spiro atoms. The van der Waals surface area contributed by atoms with Crippen molar-refractivity contribution in [2.75, 3.05) is 11.9 Å². The lowest BCUT2D eigenvalue weighted by atomic mass is 10.1. The largest absolute Gasteiger partial charge is 0.300 e. The van der Waals surface area contributed by atoms with E-state index in [9.17, 15) is 4.79 Å². The van der Waals surface area contributed by atoms with Crippen molar-refractivity contribution < 1.29 is 4.79 Å². The third-order valence-corrected chi connectivity index (χ3v) is 4.71. The van der Waals surface area contributed by atoms with E-state index in [4.69, 9.17) is 4.98 Å². The van der Waals surface area contributed by atoms with Crippen LogP contribution in [0.4, 0.5) is 5.82 Å². The van der Waals surface area contributed by atoms with Crippen molar-refractivity contribution in [1.82, 2.24) is 19.6 Å². The minimum Gasteiger partial charge on any atom is -0.300 e. The van der Waals surface area contributed by atoms with E-state index < -0.39 is 0 Å². The summed E-state index contributed by atoms with van der Waals surface area (Å²) in [5, 5.41) is 4.59. The van der Waals surface area contributed by atoms with Crippen molar-refractivity contribution in [3.8, 4) is 11.3 Å². The number of hydrogen-bond donors (Lipinski definition) is 0. The number of anilines is 1. The molecule has 140 valence electrons. The van der Waals surface area contributed by atoms with Crippen molar-refractivity contribution in [2.45, 2.75) is 20.3 Å². The first-order valence-corrected chi connectivity index (χ1v) is 9.13. The molecule has 6 heteroatoms. The number of fused-ring (bicyclic) bond motifs is 1. The topological polar surface area (TPSA) is 63.4 Å². The van der Waals surface area contributed by atoms with Crippen LogP contribution in [0.5, 0.6) is 0 Å². The Labute approximate surface area is 163 Å². The molecule has 1 aromatic carbocycles. The fourth-order valence-electron chi connectivity index (χ4n) is 3.11. The summed E-state index contributed by atoms with van der Waals surface area (Å²) < 4.78 is 1.77. The Morgan fingerprint density at radius 2 is 1.82 bits per heavy atom. The van der Waals surface area contributed by atoms with Gasteiger partial charge in [-0.3, -0.25) is 9.69 Å². The molecule has 0 saturated heterocycles. The van der Waals surface area contributed by atoms with Gasteiger partial charge in [0.05, 0.1) is 23.5 Å². The summed E-state index contributed by atoms with van der Waals surface area (Å²) in [6, 6.07) is 17.5. The molecule has 0 aliphatic carbocycles. The van der Waals surface area contributed by atoms with Crippen LogP contribution in [0.25, 0.3) is 16.9 Å². The van der Waals surface area contributed by atoms with Crippen LogP contribution in [0.1, 0.15) is 17.0 Å². The van der Waals surface area contributed by atoms with Crippen LogP contribution in [0.2, 0.25) is 0 Å².